The molecule has 0 aromatic carbocycles. The van der Waals surface area contributed by atoms with Gasteiger partial charge >= 0.3 is 11.9 Å². The van der Waals surface area contributed by atoms with E-state index in [4.69, 9.17) is 9.47 Å². The summed E-state index contributed by atoms with van der Waals surface area (Å²) in [5.74, 6) is -0.676. The number of esters is 2. The van der Waals surface area contributed by atoms with Crippen molar-refractivity contribution >= 4 is 11.9 Å². The molecule has 1 N–H and O–H groups in total. The van der Waals surface area contributed by atoms with E-state index in [1.54, 1.807) is 0 Å². The molecule has 42 heavy (non-hydrogen) atoms. The van der Waals surface area contributed by atoms with Gasteiger partial charge in [-0.1, -0.05) is 134 Å². The molecule has 244 valence electrons. The molecule has 0 heterocycles. The predicted octanol–water partition coefficient (Wildman–Crippen LogP) is 10.5. The molecule has 0 rings (SSSR count). The first kappa shape index (κ1) is 40.1. The van der Waals surface area contributed by atoms with Crippen molar-refractivity contribution in [1.29, 1.82) is 0 Å². The lowest BCUT2D eigenvalue weighted by Crippen LogP contribution is -2.28. The van der Waals surface area contributed by atoms with Crippen molar-refractivity contribution in [2.45, 2.75) is 174 Å². The molecule has 1 unspecified atom stereocenters. The Morgan fingerprint density at radius 1 is 0.548 bits per heavy atom. The molecule has 5 heteroatoms. The zero-order valence-electron chi connectivity index (χ0n) is 27.5. The second-order valence-electron chi connectivity index (χ2n) is 11.6. The third-order valence-electron chi connectivity index (χ3n) is 7.42. The van der Waals surface area contributed by atoms with Crippen molar-refractivity contribution in [3.8, 4) is 0 Å². The highest BCUT2D eigenvalue weighted by Gasteiger charge is 2.15. The first-order valence-corrected chi connectivity index (χ1v) is 17.5. The largest absolute Gasteiger partial charge is 0.462 e. The molecule has 0 aliphatic carbocycles. The molecule has 0 saturated heterocycles. The maximum atomic E-state index is 12.1. The van der Waals surface area contributed by atoms with Gasteiger partial charge < -0.3 is 14.6 Å². The number of allylic oxidation sites excluding steroid dienone is 6. The smallest absolute Gasteiger partial charge is 0.306 e. The monoisotopic (exact) mass is 590 g/mol. The first-order chi connectivity index (χ1) is 20.6. The number of rotatable bonds is 31. The van der Waals surface area contributed by atoms with Crippen LogP contribution in [-0.4, -0.2) is 36.4 Å². The summed E-state index contributed by atoms with van der Waals surface area (Å²) in [6.45, 7) is 4.05. The molecule has 0 amide bonds. The zero-order valence-corrected chi connectivity index (χ0v) is 27.5. The average molecular weight is 591 g/mol. The Labute approximate surface area is 259 Å². The number of hydrogen-bond donors (Lipinski definition) is 1. The minimum Gasteiger partial charge on any atom is -0.462 e. The molecule has 0 fully saturated rings. The Bertz CT molecular complexity index is 682. The van der Waals surface area contributed by atoms with Crippen molar-refractivity contribution in [2.24, 2.45) is 0 Å². The van der Waals surface area contributed by atoms with Crippen molar-refractivity contribution in [1.82, 2.24) is 0 Å². The van der Waals surface area contributed by atoms with Crippen LogP contribution in [0.1, 0.15) is 168 Å². The van der Waals surface area contributed by atoms with Crippen LogP contribution in [0.3, 0.4) is 0 Å². The molecule has 0 aromatic heterocycles. The third-order valence-corrected chi connectivity index (χ3v) is 7.42. The van der Waals surface area contributed by atoms with Crippen molar-refractivity contribution < 1.29 is 24.2 Å². The van der Waals surface area contributed by atoms with Gasteiger partial charge in [-0.05, 0) is 57.8 Å². The number of carbonyl (C=O) groups excluding carboxylic acids is 2. The molecule has 0 aromatic rings. The van der Waals surface area contributed by atoms with Crippen LogP contribution in [0.2, 0.25) is 0 Å². The number of carbonyl (C=O) groups is 2. The van der Waals surface area contributed by atoms with Crippen LogP contribution in [0.25, 0.3) is 0 Å². The molecule has 5 nitrogen and oxygen atoms in total. The fourth-order valence-corrected chi connectivity index (χ4v) is 4.72. The van der Waals surface area contributed by atoms with E-state index in [0.717, 1.165) is 32.1 Å². The van der Waals surface area contributed by atoms with Gasteiger partial charge in [-0.25, -0.2) is 0 Å². The first-order valence-electron chi connectivity index (χ1n) is 17.5. The number of hydrogen-bond acceptors (Lipinski definition) is 5. The fraction of sp³-hybridized carbons (Fsp3) is 0.784. The summed E-state index contributed by atoms with van der Waals surface area (Å²) in [7, 11) is 0. The van der Waals surface area contributed by atoms with Crippen LogP contribution >= 0.6 is 0 Å². The quantitative estimate of drug-likeness (QED) is 0.0494. The Hall–Kier alpha value is -1.88. The van der Waals surface area contributed by atoms with Crippen LogP contribution < -0.4 is 0 Å². The summed E-state index contributed by atoms with van der Waals surface area (Å²) in [6.07, 6.45) is 39.2. The lowest BCUT2D eigenvalue weighted by Gasteiger charge is -2.15. The summed E-state index contributed by atoms with van der Waals surface area (Å²) in [5, 5.41) is 9.50. The Kier molecular flexibility index (Phi) is 32.1. The van der Waals surface area contributed by atoms with E-state index in [2.05, 4.69) is 44.2 Å². The molecule has 0 spiro atoms. The molecule has 0 saturated carbocycles. The van der Waals surface area contributed by atoms with E-state index >= 15 is 0 Å². The van der Waals surface area contributed by atoms with Crippen LogP contribution in [0.4, 0.5) is 0 Å². The summed E-state index contributed by atoms with van der Waals surface area (Å²) in [4.78, 5) is 24.1. The summed E-state index contributed by atoms with van der Waals surface area (Å²) >= 11 is 0. The SMILES string of the molecule is CCCCCC/C=C/CCCCCCCCCC(=O)OC(CO)COC(=O)CC/C=C/C/C=C/CCCCCCCC. The molecule has 0 bridgehead atoms. The minimum absolute atomic E-state index is 0.0972. The Balaban J connectivity index is 3.65. The zero-order chi connectivity index (χ0) is 30.8. The van der Waals surface area contributed by atoms with Crippen molar-refractivity contribution in [2.75, 3.05) is 13.2 Å². The highest BCUT2D eigenvalue weighted by Crippen LogP contribution is 2.12. The van der Waals surface area contributed by atoms with E-state index < -0.39 is 6.10 Å². The molecule has 0 radical (unpaired) electrons. The minimum atomic E-state index is -0.792. The Morgan fingerprint density at radius 3 is 1.55 bits per heavy atom. The number of ether oxygens (including phenoxy) is 2. The average Bonchev–Trinajstić information content (AvgIpc) is 2.99. The highest BCUT2D eigenvalue weighted by atomic mass is 16.6. The van der Waals surface area contributed by atoms with Gasteiger partial charge in [0, 0.05) is 12.8 Å². The van der Waals surface area contributed by atoms with Crippen LogP contribution in [-0.2, 0) is 19.1 Å². The summed E-state index contributed by atoms with van der Waals surface area (Å²) < 4.78 is 10.5. The van der Waals surface area contributed by atoms with E-state index in [0.29, 0.717) is 12.8 Å². The highest BCUT2D eigenvalue weighted by molar-refractivity contribution is 5.70. The van der Waals surface area contributed by atoms with E-state index in [1.165, 1.54) is 103 Å². The number of aliphatic hydroxyl groups excluding tert-OH is 1. The molecule has 0 aliphatic heterocycles. The van der Waals surface area contributed by atoms with Gasteiger partial charge in [0.05, 0.1) is 6.61 Å². The normalized spacial score (nSPS) is 12.5. The standard InChI is InChI=1S/C37H66O5/c1-3-5-7-9-11-13-15-17-18-20-22-24-26-28-30-32-37(40)42-35(33-38)34-41-36(39)31-29-27-25-23-21-19-16-14-12-10-8-6-4-2/h13,15,19,21,25,27,35,38H,3-12,14,16-18,20,22-24,26,28-34H2,1-2H3/b15-13+,21-19+,27-25+. The predicted molar refractivity (Wildman–Crippen MR) is 178 cm³/mol. The fourth-order valence-electron chi connectivity index (χ4n) is 4.72. The van der Waals surface area contributed by atoms with Gasteiger partial charge in [-0.3, -0.25) is 9.59 Å². The third kappa shape index (κ3) is 31.1. The van der Waals surface area contributed by atoms with Crippen LogP contribution in [0, 0.1) is 0 Å². The molecular weight excluding hydrogens is 524 g/mol. The summed E-state index contributed by atoms with van der Waals surface area (Å²) in [6, 6.07) is 0. The van der Waals surface area contributed by atoms with Crippen LogP contribution in [0.5, 0.6) is 0 Å². The number of aliphatic hydroxyl groups is 1. The van der Waals surface area contributed by atoms with Gasteiger partial charge in [0.15, 0.2) is 6.10 Å². The molecule has 1 atom stereocenters. The van der Waals surface area contributed by atoms with Crippen molar-refractivity contribution in [3.63, 3.8) is 0 Å². The van der Waals surface area contributed by atoms with Crippen molar-refractivity contribution in [3.05, 3.63) is 36.5 Å². The number of unbranched alkanes of at least 4 members (excludes halogenated alkanes) is 17. The van der Waals surface area contributed by atoms with Gasteiger partial charge in [0.25, 0.3) is 0 Å². The molecular formula is C37H66O5. The maximum absolute atomic E-state index is 12.1. The Morgan fingerprint density at radius 2 is 1.00 bits per heavy atom. The van der Waals surface area contributed by atoms with E-state index in [9.17, 15) is 14.7 Å². The van der Waals surface area contributed by atoms with Crippen LogP contribution in [0.15, 0.2) is 36.5 Å². The van der Waals surface area contributed by atoms with Gasteiger partial charge in [0.2, 0.25) is 0 Å². The van der Waals surface area contributed by atoms with Gasteiger partial charge in [0.1, 0.15) is 6.61 Å². The lowest BCUT2D eigenvalue weighted by molar-refractivity contribution is -0.161. The van der Waals surface area contributed by atoms with E-state index in [-0.39, 0.29) is 31.6 Å². The van der Waals surface area contributed by atoms with Gasteiger partial charge in [-0.15, -0.1) is 0 Å². The maximum Gasteiger partial charge on any atom is 0.306 e. The second-order valence-corrected chi connectivity index (χ2v) is 11.6. The van der Waals surface area contributed by atoms with E-state index in [1.807, 2.05) is 6.08 Å². The lowest BCUT2D eigenvalue weighted by atomic mass is 10.1. The second kappa shape index (κ2) is 33.6. The van der Waals surface area contributed by atoms with Gasteiger partial charge in [-0.2, -0.15) is 0 Å². The topological polar surface area (TPSA) is 72.8 Å². The molecule has 0 aliphatic rings. The summed E-state index contributed by atoms with van der Waals surface area (Å²) in [5.41, 5.74) is 0.